The van der Waals surface area contributed by atoms with Crippen LogP contribution in [0.4, 0.5) is 15.5 Å². The predicted octanol–water partition coefficient (Wildman–Crippen LogP) is 4.18. The lowest BCUT2D eigenvalue weighted by Gasteiger charge is -2.11. The van der Waals surface area contributed by atoms with Gasteiger partial charge in [-0.2, -0.15) is 0 Å². The fourth-order valence-electron chi connectivity index (χ4n) is 3.77. The van der Waals surface area contributed by atoms with E-state index in [0.717, 1.165) is 23.3 Å². The second kappa shape index (κ2) is 10.3. The van der Waals surface area contributed by atoms with Crippen molar-refractivity contribution < 1.29 is 27.5 Å². The minimum Gasteiger partial charge on any atom is -0.450 e. The van der Waals surface area contributed by atoms with Gasteiger partial charge in [-0.05, 0) is 62.1 Å². The van der Waals surface area contributed by atoms with Crippen LogP contribution >= 0.6 is 11.3 Å². The molecule has 0 unspecified atom stereocenters. The number of sulfonamides is 1. The van der Waals surface area contributed by atoms with Gasteiger partial charge in [-0.3, -0.25) is 19.6 Å². The molecule has 182 valence electrons. The second-order valence-electron chi connectivity index (χ2n) is 7.69. The SMILES string of the molecule is CCOC(=O)NC(=O)c1c(NC(=O)c2cccc(NS(=O)(=O)c3ccccc3)c2)sc2c1CCC2. The number of carbonyl (C=O) groups is 3. The number of anilines is 2. The van der Waals surface area contributed by atoms with Crippen molar-refractivity contribution in [2.45, 2.75) is 31.1 Å². The maximum atomic E-state index is 13.0. The summed E-state index contributed by atoms with van der Waals surface area (Å²) in [6, 6.07) is 13.9. The maximum absolute atomic E-state index is 13.0. The predicted molar refractivity (Wildman–Crippen MR) is 132 cm³/mol. The topological polar surface area (TPSA) is 131 Å². The molecule has 3 amide bonds. The molecule has 4 rings (SSSR count). The summed E-state index contributed by atoms with van der Waals surface area (Å²) in [6.45, 7) is 1.75. The number of ether oxygens (including phenoxy) is 1. The number of amides is 3. The monoisotopic (exact) mass is 513 g/mol. The van der Waals surface area contributed by atoms with Gasteiger partial charge < -0.3 is 10.1 Å². The van der Waals surface area contributed by atoms with Crippen molar-refractivity contribution in [3.63, 3.8) is 0 Å². The molecule has 3 N–H and O–H groups in total. The third-order valence-corrected chi connectivity index (χ3v) is 7.90. The van der Waals surface area contributed by atoms with E-state index in [1.54, 1.807) is 31.2 Å². The van der Waals surface area contributed by atoms with Gasteiger partial charge >= 0.3 is 6.09 Å². The molecule has 3 aromatic rings. The summed E-state index contributed by atoms with van der Waals surface area (Å²) in [7, 11) is -3.82. The summed E-state index contributed by atoms with van der Waals surface area (Å²) in [4.78, 5) is 38.7. The largest absolute Gasteiger partial charge is 0.450 e. The maximum Gasteiger partial charge on any atom is 0.414 e. The van der Waals surface area contributed by atoms with Crippen LogP contribution in [0.1, 0.15) is 44.5 Å². The van der Waals surface area contributed by atoms with Crippen LogP contribution in [-0.4, -0.2) is 32.9 Å². The molecule has 0 fully saturated rings. The first-order valence-corrected chi connectivity index (χ1v) is 13.2. The number of alkyl carbamates (subject to hydrolysis) is 1. The van der Waals surface area contributed by atoms with Crippen molar-refractivity contribution in [1.82, 2.24) is 5.32 Å². The summed E-state index contributed by atoms with van der Waals surface area (Å²) < 4.78 is 32.5. The van der Waals surface area contributed by atoms with Crippen molar-refractivity contribution in [3.8, 4) is 0 Å². The summed E-state index contributed by atoms with van der Waals surface area (Å²) in [5, 5.41) is 5.28. The van der Waals surface area contributed by atoms with Gasteiger partial charge in [0.05, 0.1) is 17.1 Å². The molecule has 0 saturated carbocycles. The van der Waals surface area contributed by atoms with E-state index >= 15 is 0 Å². The van der Waals surface area contributed by atoms with E-state index in [0.29, 0.717) is 11.4 Å². The van der Waals surface area contributed by atoms with Crippen LogP contribution in [0.3, 0.4) is 0 Å². The van der Waals surface area contributed by atoms with E-state index in [9.17, 15) is 22.8 Å². The number of benzene rings is 2. The van der Waals surface area contributed by atoms with Gasteiger partial charge in [-0.1, -0.05) is 24.3 Å². The Morgan fingerprint density at radius 2 is 1.77 bits per heavy atom. The summed E-state index contributed by atoms with van der Waals surface area (Å²) in [5.74, 6) is -1.15. The average Bonchev–Trinajstić information content (AvgIpc) is 3.40. The summed E-state index contributed by atoms with van der Waals surface area (Å²) in [6.07, 6.45) is 1.49. The third kappa shape index (κ3) is 5.52. The Balaban J connectivity index is 1.55. The standard InChI is InChI=1S/C24H23N3O6S2/c1-2-33-24(30)26-22(29)20-18-12-7-13-19(18)34-23(20)25-21(28)15-8-6-9-16(14-15)27-35(31,32)17-10-4-3-5-11-17/h3-6,8-11,14,27H,2,7,12-13H2,1H3,(H,25,28)(H,26,29,30). The normalized spacial score (nSPS) is 12.5. The van der Waals surface area contributed by atoms with Crippen LogP contribution in [0.2, 0.25) is 0 Å². The number of nitrogens with one attached hydrogen (secondary N) is 3. The molecule has 1 aromatic heterocycles. The first kappa shape index (κ1) is 24.4. The van der Waals surface area contributed by atoms with E-state index in [-0.39, 0.29) is 28.3 Å². The third-order valence-electron chi connectivity index (χ3n) is 5.30. The van der Waals surface area contributed by atoms with Gasteiger partial charge in [0, 0.05) is 16.1 Å². The lowest BCUT2D eigenvalue weighted by molar-refractivity contribution is 0.0925. The molecule has 0 radical (unpaired) electrons. The van der Waals surface area contributed by atoms with E-state index in [1.807, 2.05) is 0 Å². The first-order valence-electron chi connectivity index (χ1n) is 10.9. The number of hydrogen-bond donors (Lipinski definition) is 3. The van der Waals surface area contributed by atoms with Crippen molar-refractivity contribution in [2.24, 2.45) is 0 Å². The smallest absolute Gasteiger partial charge is 0.414 e. The van der Waals surface area contributed by atoms with Gasteiger partial charge in [0.15, 0.2) is 0 Å². The molecule has 0 atom stereocenters. The Morgan fingerprint density at radius 1 is 1.00 bits per heavy atom. The van der Waals surface area contributed by atoms with Crippen LogP contribution in [0, 0.1) is 0 Å². The highest BCUT2D eigenvalue weighted by Gasteiger charge is 2.29. The van der Waals surface area contributed by atoms with Crippen molar-refractivity contribution >= 4 is 50.0 Å². The minimum atomic E-state index is -3.82. The number of fused-ring (bicyclic) bond motifs is 1. The molecule has 1 heterocycles. The number of hydrogen-bond acceptors (Lipinski definition) is 7. The number of aryl methyl sites for hydroxylation is 1. The minimum absolute atomic E-state index is 0.0974. The summed E-state index contributed by atoms with van der Waals surface area (Å²) >= 11 is 1.30. The zero-order valence-corrected chi connectivity index (χ0v) is 20.4. The van der Waals surface area contributed by atoms with E-state index in [4.69, 9.17) is 4.74 Å². The number of imide groups is 1. The van der Waals surface area contributed by atoms with Crippen LogP contribution in [0.25, 0.3) is 0 Å². The Labute approximate surface area is 206 Å². The Morgan fingerprint density at radius 3 is 2.51 bits per heavy atom. The fraction of sp³-hybridized carbons (Fsp3) is 0.208. The molecule has 0 bridgehead atoms. The van der Waals surface area contributed by atoms with Crippen LogP contribution in [0.5, 0.6) is 0 Å². The van der Waals surface area contributed by atoms with Gasteiger partial charge in [0.1, 0.15) is 5.00 Å². The Kier molecular flexibility index (Phi) is 7.17. The summed E-state index contributed by atoms with van der Waals surface area (Å²) in [5.41, 5.74) is 1.49. The van der Waals surface area contributed by atoms with E-state index in [1.165, 1.54) is 41.7 Å². The second-order valence-corrected chi connectivity index (χ2v) is 10.5. The zero-order valence-electron chi connectivity index (χ0n) is 18.8. The molecule has 1 aliphatic rings. The van der Waals surface area contributed by atoms with E-state index < -0.39 is 27.9 Å². The van der Waals surface area contributed by atoms with Gasteiger partial charge in [0.2, 0.25) is 0 Å². The molecule has 11 heteroatoms. The number of carbonyl (C=O) groups excluding carboxylic acids is 3. The van der Waals surface area contributed by atoms with E-state index in [2.05, 4.69) is 15.4 Å². The molecule has 0 aliphatic heterocycles. The van der Waals surface area contributed by atoms with Gasteiger partial charge in [-0.25, -0.2) is 13.2 Å². The Bertz CT molecular complexity index is 1380. The highest BCUT2D eigenvalue weighted by atomic mass is 32.2. The Hall–Kier alpha value is -3.70. The molecule has 9 nitrogen and oxygen atoms in total. The van der Waals surface area contributed by atoms with Crippen molar-refractivity contribution in [2.75, 3.05) is 16.6 Å². The highest BCUT2D eigenvalue weighted by molar-refractivity contribution is 7.92. The molecule has 0 spiro atoms. The lowest BCUT2D eigenvalue weighted by atomic mass is 10.1. The first-order chi connectivity index (χ1) is 16.8. The van der Waals surface area contributed by atoms with Crippen LogP contribution in [0.15, 0.2) is 59.5 Å². The van der Waals surface area contributed by atoms with Crippen molar-refractivity contribution in [3.05, 3.63) is 76.2 Å². The molecule has 2 aromatic carbocycles. The zero-order chi connectivity index (χ0) is 25.0. The molecule has 35 heavy (non-hydrogen) atoms. The number of rotatable bonds is 7. The molecule has 0 saturated heterocycles. The highest BCUT2D eigenvalue weighted by Crippen LogP contribution is 2.39. The molecule has 1 aliphatic carbocycles. The molecular weight excluding hydrogens is 490 g/mol. The number of thiophene rings is 1. The quantitative estimate of drug-likeness (QED) is 0.435. The van der Waals surface area contributed by atoms with Crippen LogP contribution in [-0.2, 0) is 27.6 Å². The van der Waals surface area contributed by atoms with Crippen molar-refractivity contribution in [1.29, 1.82) is 0 Å². The fourth-order valence-corrected chi connectivity index (χ4v) is 6.12. The van der Waals surface area contributed by atoms with Gasteiger partial charge in [0.25, 0.3) is 21.8 Å². The average molecular weight is 514 g/mol. The molecular formula is C24H23N3O6S2. The van der Waals surface area contributed by atoms with Gasteiger partial charge in [-0.15, -0.1) is 11.3 Å². The van der Waals surface area contributed by atoms with Crippen LogP contribution < -0.4 is 15.4 Å². The lowest BCUT2D eigenvalue weighted by Crippen LogP contribution is -2.32.